The van der Waals surface area contributed by atoms with Crippen LogP contribution in [0.1, 0.15) is 21.6 Å². The van der Waals surface area contributed by atoms with Crippen LogP contribution in [-0.2, 0) is 6.42 Å². The maximum absolute atomic E-state index is 12.6. The van der Waals surface area contributed by atoms with Gasteiger partial charge in [0.1, 0.15) is 11.5 Å². The lowest BCUT2D eigenvalue weighted by molar-refractivity contribution is 0.0937. The van der Waals surface area contributed by atoms with Crippen LogP contribution >= 0.6 is 0 Å². The normalized spacial score (nSPS) is 16.0. The number of benzene rings is 1. The molecule has 1 unspecified atom stereocenters. The van der Waals surface area contributed by atoms with Crippen LogP contribution in [0.5, 0.6) is 11.5 Å². The van der Waals surface area contributed by atoms with Gasteiger partial charge in [-0.1, -0.05) is 6.07 Å². The van der Waals surface area contributed by atoms with E-state index >= 15 is 0 Å². The molecular formula is C19H20N4O3. The number of fused-ring (bicyclic) bond motifs is 2. The minimum absolute atomic E-state index is 0.145. The summed E-state index contributed by atoms with van der Waals surface area (Å²) in [6.45, 7) is 2.97. The largest absolute Gasteiger partial charge is 0.497 e. The molecule has 0 saturated heterocycles. The number of ether oxygens (including phenoxy) is 2. The summed E-state index contributed by atoms with van der Waals surface area (Å²) in [6.07, 6.45) is 4.12. The van der Waals surface area contributed by atoms with Crippen LogP contribution in [0.25, 0.3) is 5.65 Å². The van der Waals surface area contributed by atoms with Gasteiger partial charge in [0.25, 0.3) is 5.91 Å². The predicted molar refractivity (Wildman–Crippen MR) is 95.7 cm³/mol. The smallest absolute Gasteiger partial charge is 0.254 e. The van der Waals surface area contributed by atoms with Gasteiger partial charge in [-0.25, -0.2) is 9.50 Å². The SMILES string of the molecule is COc1ccc2c(c1)OCC(CNC(=O)c1cnc3ccnn3c1C)C2. The van der Waals surface area contributed by atoms with Crippen molar-refractivity contribution in [3.05, 3.63) is 53.5 Å². The average molecular weight is 352 g/mol. The Bertz CT molecular complexity index is 967. The monoisotopic (exact) mass is 352 g/mol. The summed E-state index contributed by atoms with van der Waals surface area (Å²) in [4.78, 5) is 16.8. The fourth-order valence-electron chi connectivity index (χ4n) is 3.22. The molecule has 0 aliphatic carbocycles. The van der Waals surface area contributed by atoms with Gasteiger partial charge in [0.2, 0.25) is 0 Å². The number of hydrogen-bond acceptors (Lipinski definition) is 5. The van der Waals surface area contributed by atoms with Gasteiger partial charge >= 0.3 is 0 Å². The first-order chi connectivity index (χ1) is 12.7. The summed E-state index contributed by atoms with van der Waals surface area (Å²) in [7, 11) is 1.64. The van der Waals surface area contributed by atoms with Crippen molar-refractivity contribution in [3.63, 3.8) is 0 Å². The van der Waals surface area contributed by atoms with Gasteiger partial charge in [-0.15, -0.1) is 0 Å². The molecule has 0 bridgehead atoms. The number of carbonyl (C=O) groups excluding carboxylic acids is 1. The van der Waals surface area contributed by atoms with Gasteiger partial charge in [0, 0.05) is 30.8 Å². The molecule has 1 atom stereocenters. The molecule has 0 radical (unpaired) electrons. The first-order valence-electron chi connectivity index (χ1n) is 8.53. The van der Waals surface area contributed by atoms with Crippen molar-refractivity contribution in [3.8, 4) is 11.5 Å². The summed E-state index contributed by atoms with van der Waals surface area (Å²) >= 11 is 0. The molecule has 1 amide bonds. The minimum atomic E-state index is -0.145. The second kappa shape index (κ2) is 6.67. The first-order valence-corrected chi connectivity index (χ1v) is 8.53. The molecule has 0 fully saturated rings. The van der Waals surface area contributed by atoms with Crippen molar-refractivity contribution in [1.82, 2.24) is 19.9 Å². The van der Waals surface area contributed by atoms with Crippen LogP contribution in [0.4, 0.5) is 0 Å². The van der Waals surface area contributed by atoms with E-state index in [4.69, 9.17) is 9.47 Å². The zero-order valence-corrected chi connectivity index (χ0v) is 14.7. The summed E-state index contributed by atoms with van der Waals surface area (Å²) in [5.41, 5.74) is 3.16. The van der Waals surface area contributed by atoms with E-state index in [0.717, 1.165) is 34.8 Å². The highest BCUT2D eigenvalue weighted by atomic mass is 16.5. The topological polar surface area (TPSA) is 77.8 Å². The lowest BCUT2D eigenvalue weighted by Gasteiger charge is -2.26. The Kier molecular flexibility index (Phi) is 4.20. The number of methoxy groups -OCH3 is 1. The summed E-state index contributed by atoms with van der Waals surface area (Å²) in [5.74, 6) is 1.72. The fraction of sp³-hybridized carbons (Fsp3) is 0.316. The summed E-state index contributed by atoms with van der Waals surface area (Å²) < 4.78 is 12.7. The van der Waals surface area contributed by atoms with Crippen LogP contribution in [-0.4, -0.2) is 40.8 Å². The molecule has 4 rings (SSSR count). The van der Waals surface area contributed by atoms with Crippen LogP contribution in [0.3, 0.4) is 0 Å². The molecule has 1 aliphatic heterocycles. The van der Waals surface area contributed by atoms with Gasteiger partial charge in [0.05, 0.1) is 31.2 Å². The highest BCUT2D eigenvalue weighted by Gasteiger charge is 2.22. The minimum Gasteiger partial charge on any atom is -0.497 e. The zero-order chi connectivity index (χ0) is 18.1. The van der Waals surface area contributed by atoms with Crippen LogP contribution in [0, 0.1) is 12.8 Å². The highest BCUT2D eigenvalue weighted by Crippen LogP contribution is 2.30. The van der Waals surface area contributed by atoms with Crippen molar-refractivity contribution >= 4 is 11.6 Å². The number of nitrogens with one attached hydrogen (secondary N) is 1. The maximum atomic E-state index is 12.6. The molecule has 1 N–H and O–H groups in total. The second-order valence-corrected chi connectivity index (χ2v) is 6.42. The van der Waals surface area contributed by atoms with Crippen LogP contribution in [0.15, 0.2) is 36.7 Å². The third kappa shape index (κ3) is 2.96. The molecule has 0 spiro atoms. The third-order valence-corrected chi connectivity index (χ3v) is 4.71. The average Bonchev–Trinajstić information content (AvgIpc) is 3.15. The lowest BCUT2D eigenvalue weighted by atomic mass is 9.96. The molecule has 0 saturated carbocycles. The van der Waals surface area contributed by atoms with E-state index < -0.39 is 0 Å². The van der Waals surface area contributed by atoms with Crippen LogP contribution in [0.2, 0.25) is 0 Å². The van der Waals surface area contributed by atoms with Crippen molar-refractivity contribution < 1.29 is 14.3 Å². The number of aryl methyl sites for hydroxylation is 1. The highest BCUT2D eigenvalue weighted by molar-refractivity contribution is 5.95. The molecule has 7 nitrogen and oxygen atoms in total. The number of carbonyl (C=O) groups is 1. The fourth-order valence-corrected chi connectivity index (χ4v) is 3.22. The second-order valence-electron chi connectivity index (χ2n) is 6.42. The Labute approximate surface area is 151 Å². The molecule has 3 aromatic rings. The van der Waals surface area contributed by atoms with E-state index in [1.807, 2.05) is 25.1 Å². The van der Waals surface area contributed by atoms with E-state index in [2.05, 4.69) is 15.4 Å². The number of amides is 1. The van der Waals surface area contributed by atoms with Crippen molar-refractivity contribution in [2.45, 2.75) is 13.3 Å². The van der Waals surface area contributed by atoms with Crippen molar-refractivity contribution in [1.29, 1.82) is 0 Å². The van der Waals surface area contributed by atoms with Gasteiger partial charge in [-0.05, 0) is 25.0 Å². The Balaban J connectivity index is 1.42. The Morgan fingerprint density at radius 2 is 2.31 bits per heavy atom. The van der Waals surface area contributed by atoms with E-state index in [1.165, 1.54) is 0 Å². The van der Waals surface area contributed by atoms with Gasteiger partial charge in [-0.3, -0.25) is 4.79 Å². The van der Waals surface area contributed by atoms with Gasteiger partial charge < -0.3 is 14.8 Å². The maximum Gasteiger partial charge on any atom is 0.254 e. The van der Waals surface area contributed by atoms with Crippen LogP contribution < -0.4 is 14.8 Å². The van der Waals surface area contributed by atoms with Gasteiger partial charge in [-0.2, -0.15) is 5.10 Å². The summed E-state index contributed by atoms with van der Waals surface area (Å²) in [5, 5.41) is 7.19. The molecule has 7 heteroatoms. The summed E-state index contributed by atoms with van der Waals surface area (Å²) in [6, 6.07) is 7.65. The molecule has 1 aliphatic rings. The zero-order valence-electron chi connectivity index (χ0n) is 14.7. The number of nitrogens with zero attached hydrogens (tertiary/aromatic N) is 3. The predicted octanol–water partition coefficient (Wildman–Crippen LogP) is 2.03. The molecular weight excluding hydrogens is 332 g/mol. The standard InChI is InChI=1S/C19H20N4O3/c1-12-16(10-20-18-5-6-22-23(12)18)19(24)21-9-13-7-14-3-4-15(25-2)8-17(14)26-11-13/h3-6,8,10,13H,7,9,11H2,1-2H3,(H,21,24). The van der Waals surface area contributed by atoms with E-state index in [1.54, 1.807) is 30.1 Å². The van der Waals surface area contributed by atoms with Gasteiger partial charge in [0.15, 0.2) is 5.65 Å². The van der Waals surface area contributed by atoms with Crippen molar-refractivity contribution in [2.75, 3.05) is 20.3 Å². The molecule has 1 aromatic carbocycles. The number of aromatic nitrogens is 3. The lowest BCUT2D eigenvalue weighted by Crippen LogP contribution is -2.35. The molecule has 134 valence electrons. The van der Waals surface area contributed by atoms with E-state index in [-0.39, 0.29) is 11.8 Å². The Morgan fingerprint density at radius 1 is 1.42 bits per heavy atom. The molecule has 3 heterocycles. The number of hydrogen-bond donors (Lipinski definition) is 1. The third-order valence-electron chi connectivity index (χ3n) is 4.71. The van der Waals surface area contributed by atoms with E-state index in [0.29, 0.717) is 18.7 Å². The first kappa shape index (κ1) is 16.4. The quantitative estimate of drug-likeness (QED) is 0.777. The van der Waals surface area contributed by atoms with Crippen molar-refractivity contribution in [2.24, 2.45) is 5.92 Å². The molecule has 2 aromatic heterocycles. The van der Waals surface area contributed by atoms with E-state index in [9.17, 15) is 4.79 Å². The molecule has 26 heavy (non-hydrogen) atoms. The Morgan fingerprint density at radius 3 is 3.15 bits per heavy atom. The number of rotatable bonds is 4. The Hall–Kier alpha value is -3.09.